The second kappa shape index (κ2) is 21.4. The Labute approximate surface area is 174 Å². The Morgan fingerprint density at radius 2 is 1.24 bits per heavy atom. The summed E-state index contributed by atoms with van der Waals surface area (Å²) in [6.07, 6.45) is 4.10. The van der Waals surface area contributed by atoms with Crippen molar-refractivity contribution < 1.29 is 38.0 Å². The van der Waals surface area contributed by atoms with Gasteiger partial charge in [-0.25, -0.2) is 0 Å². The lowest BCUT2D eigenvalue weighted by molar-refractivity contribution is -0.148. The Hall–Kier alpha value is -1.26. The van der Waals surface area contributed by atoms with Crippen LogP contribution in [0.1, 0.15) is 46.0 Å². The van der Waals surface area contributed by atoms with E-state index in [0.717, 1.165) is 25.7 Å². The zero-order valence-electron chi connectivity index (χ0n) is 18.0. The van der Waals surface area contributed by atoms with Crippen LogP contribution in [0.15, 0.2) is 0 Å². The van der Waals surface area contributed by atoms with Gasteiger partial charge in [-0.1, -0.05) is 26.7 Å². The minimum absolute atomic E-state index is 0.138. The first-order chi connectivity index (χ1) is 14.1. The van der Waals surface area contributed by atoms with Gasteiger partial charge in [0.1, 0.15) is 12.6 Å². The molecule has 0 aromatic rings. The van der Waals surface area contributed by atoms with Gasteiger partial charge in [0.15, 0.2) is 0 Å². The molecule has 0 aromatic heterocycles. The first-order valence-electron chi connectivity index (χ1n) is 10.5. The smallest absolute Gasteiger partial charge is 0.325 e. The largest absolute Gasteiger partial charge is 0.466 e. The third kappa shape index (κ3) is 19.8. The molecule has 0 aliphatic rings. The monoisotopic (exact) mass is 421 g/mol. The normalized spacial score (nSPS) is 12.0. The van der Waals surface area contributed by atoms with Gasteiger partial charge < -0.3 is 34.2 Å². The standard InChI is InChI=1S/C20H39NO8/c1-3-5-8-27-17-18(21)20(23)29-16-15-26-14-13-25-12-11-24-10-7-19(22)28-9-6-4-2/h18H,3-17,21H2,1-2H3/t18-/m0/s1. The molecule has 172 valence electrons. The summed E-state index contributed by atoms with van der Waals surface area (Å²) in [6, 6.07) is -0.770. The van der Waals surface area contributed by atoms with Gasteiger partial charge in [0.2, 0.25) is 0 Å². The van der Waals surface area contributed by atoms with Crippen molar-refractivity contribution in [3.8, 4) is 0 Å². The summed E-state index contributed by atoms with van der Waals surface area (Å²) in [5, 5.41) is 0. The average Bonchev–Trinajstić information content (AvgIpc) is 2.71. The molecular weight excluding hydrogens is 382 g/mol. The molecule has 29 heavy (non-hydrogen) atoms. The minimum atomic E-state index is -0.770. The zero-order valence-corrected chi connectivity index (χ0v) is 18.0. The first kappa shape index (κ1) is 27.7. The predicted molar refractivity (Wildman–Crippen MR) is 108 cm³/mol. The number of hydrogen-bond acceptors (Lipinski definition) is 9. The van der Waals surface area contributed by atoms with Crippen molar-refractivity contribution in [2.45, 2.75) is 52.0 Å². The Kier molecular flexibility index (Phi) is 20.5. The van der Waals surface area contributed by atoms with E-state index in [-0.39, 0.29) is 32.2 Å². The van der Waals surface area contributed by atoms with Gasteiger partial charge in [-0.3, -0.25) is 9.59 Å². The Morgan fingerprint density at radius 1 is 0.690 bits per heavy atom. The SMILES string of the molecule is CCCCOC[C@H](N)C(=O)OCCOCCOCCOCCC(=O)OCCCC. The fourth-order valence-corrected chi connectivity index (χ4v) is 1.93. The number of unbranched alkanes of at least 4 members (excludes halogenated alkanes) is 2. The van der Waals surface area contributed by atoms with Crippen LogP contribution in [-0.4, -0.2) is 84.0 Å². The summed E-state index contributed by atoms with van der Waals surface area (Å²) in [5.41, 5.74) is 5.68. The third-order valence-electron chi connectivity index (χ3n) is 3.67. The fourth-order valence-electron chi connectivity index (χ4n) is 1.93. The van der Waals surface area contributed by atoms with E-state index in [1.807, 2.05) is 6.92 Å². The number of rotatable bonds is 21. The summed E-state index contributed by atoms with van der Waals surface area (Å²) in [7, 11) is 0. The molecule has 0 saturated heterocycles. The van der Waals surface area contributed by atoms with Crippen LogP contribution in [0.2, 0.25) is 0 Å². The number of carbonyl (C=O) groups excluding carboxylic acids is 2. The summed E-state index contributed by atoms with van der Waals surface area (Å²) in [5.74, 6) is -0.730. The van der Waals surface area contributed by atoms with Gasteiger partial charge in [-0.15, -0.1) is 0 Å². The van der Waals surface area contributed by atoms with Crippen LogP contribution in [0.25, 0.3) is 0 Å². The van der Waals surface area contributed by atoms with Crippen molar-refractivity contribution in [3.05, 3.63) is 0 Å². The van der Waals surface area contributed by atoms with E-state index < -0.39 is 12.0 Å². The lowest BCUT2D eigenvalue weighted by Gasteiger charge is -2.12. The van der Waals surface area contributed by atoms with E-state index in [4.69, 9.17) is 34.2 Å². The van der Waals surface area contributed by atoms with Crippen molar-refractivity contribution in [1.82, 2.24) is 0 Å². The zero-order chi connectivity index (χ0) is 21.6. The average molecular weight is 422 g/mol. The van der Waals surface area contributed by atoms with Gasteiger partial charge in [-0.05, 0) is 12.8 Å². The molecule has 0 bridgehead atoms. The molecule has 1 atom stereocenters. The lowest BCUT2D eigenvalue weighted by atomic mass is 10.3. The van der Waals surface area contributed by atoms with E-state index in [1.165, 1.54) is 0 Å². The number of carbonyl (C=O) groups is 2. The lowest BCUT2D eigenvalue weighted by Crippen LogP contribution is -2.37. The maximum atomic E-state index is 11.6. The van der Waals surface area contributed by atoms with E-state index in [9.17, 15) is 9.59 Å². The van der Waals surface area contributed by atoms with Gasteiger partial charge in [0.25, 0.3) is 0 Å². The number of hydrogen-bond donors (Lipinski definition) is 1. The Bertz CT molecular complexity index is 395. The van der Waals surface area contributed by atoms with Gasteiger partial charge in [-0.2, -0.15) is 0 Å². The Balaban J connectivity index is 3.30. The van der Waals surface area contributed by atoms with E-state index in [2.05, 4.69) is 6.92 Å². The number of ether oxygens (including phenoxy) is 6. The van der Waals surface area contributed by atoms with E-state index in [1.54, 1.807) is 0 Å². The van der Waals surface area contributed by atoms with Gasteiger partial charge in [0.05, 0.1) is 59.3 Å². The first-order valence-corrected chi connectivity index (χ1v) is 10.5. The van der Waals surface area contributed by atoms with Crippen LogP contribution in [0.3, 0.4) is 0 Å². The molecule has 0 radical (unpaired) electrons. The number of esters is 2. The highest BCUT2D eigenvalue weighted by Crippen LogP contribution is 1.94. The predicted octanol–water partition coefficient (Wildman–Crippen LogP) is 1.46. The van der Waals surface area contributed by atoms with Crippen LogP contribution in [0.4, 0.5) is 0 Å². The molecule has 0 spiro atoms. The van der Waals surface area contributed by atoms with Crippen LogP contribution >= 0.6 is 0 Å². The molecule has 0 aliphatic heterocycles. The quantitative estimate of drug-likeness (QED) is 0.217. The summed E-state index contributed by atoms with van der Waals surface area (Å²) >= 11 is 0. The molecule has 0 rings (SSSR count). The third-order valence-corrected chi connectivity index (χ3v) is 3.67. The van der Waals surface area contributed by atoms with Crippen molar-refractivity contribution in [3.63, 3.8) is 0 Å². The molecule has 2 N–H and O–H groups in total. The minimum Gasteiger partial charge on any atom is -0.466 e. The molecule has 0 saturated carbocycles. The van der Waals surface area contributed by atoms with Crippen molar-refractivity contribution in [2.75, 3.05) is 66.1 Å². The van der Waals surface area contributed by atoms with Gasteiger partial charge >= 0.3 is 11.9 Å². The highest BCUT2D eigenvalue weighted by molar-refractivity contribution is 5.75. The topological polar surface area (TPSA) is 116 Å². The summed E-state index contributed by atoms with van der Waals surface area (Å²) in [6.45, 7) is 7.66. The summed E-state index contributed by atoms with van der Waals surface area (Å²) in [4.78, 5) is 23.0. The highest BCUT2D eigenvalue weighted by atomic mass is 16.6. The van der Waals surface area contributed by atoms with Gasteiger partial charge in [0, 0.05) is 6.61 Å². The second-order valence-electron chi connectivity index (χ2n) is 6.36. The molecule has 0 unspecified atom stereocenters. The fraction of sp³-hybridized carbons (Fsp3) is 0.900. The number of nitrogens with two attached hydrogens (primary N) is 1. The molecule has 0 aliphatic carbocycles. The molecule has 0 amide bonds. The van der Waals surface area contributed by atoms with E-state index in [0.29, 0.717) is 46.2 Å². The molecule has 0 heterocycles. The maximum Gasteiger partial charge on any atom is 0.325 e. The van der Waals surface area contributed by atoms with Crippen molar-refractivity contribution in [2.24, 2.45) is 5.73 Å². The van der Waals surface area contributed by atoms with Crippen molar-refractivity contribution in [1.29, 1.82) is 0 Å². The van der Waals surface area contributed by atoms with E-state index >= 15 is 0 Å². The molecule has 9 nitrogen and oxygen atoms in total. The van der Waals surface area contributed by atoms with Crippen LogP contribution in [0.5, 0.6) is 0 Å². The van der Waals surface area contributed by atoms with Crippen LogP contribution < -0.4 is 5.73 Å². The van der Waals surface area contributed by atoms with Crippen LogP contribution in [-0.2, 0) is 38.0 Å². The maximum absolute atomic E-state index is 11.6. The van der Waals surface area contributed by atoms with Crippen LogP contribution in [0, 0.1) is 0 Å². The molecule has 0 fully saturated rings. The second-order valence-corrected chi connectivity index (χ2v) is 6.36. The summed E-state index contributed by atoms with van der Waals surface area (Å²) < 4.78 is 31.3. The molecule has 9 heteroatoms. The highest BCUT2D eigenvalue weighted by Gasteiger charge is 2.14. The molecule has 0 aromatic carbocycles. The van der Waals surface area contributed by atoms with Crippen molar-refractivity contribution >= 4 is 11.9 Å². The Morgan fingerprint density at radius 3 is 1.86 bits per heavy atom. The molecular formula is C20H39NO8.